The third kappa shape index (κ3) is 2.78. The second-order valence-corrected chi connectivity index (χ2v) is 4.89. The van der Waals surface area contributed by atoms with Crippen molar-refractivity contribution in [3.63, 3.8) is 0 Å². The highest BCUT2D eigenvalue weighted by molar-refractivity contribution is 7.89. The summed E-state index contributed by atoms with van der Waals surface area (Å²) in [6, 6.07) is 4.67. The van der Waals surface area contributed by atoms with Crippen LogP contribution in [0, 0.1) is 17.1 Å². The zero-order valence-corrected chi connectivity index (χ0v) is 9.51. The zero-order valence-electron chi connectivity index (χ0n) is 8.70. The van der Waals surface area contributed by atoms with E-state index in [0.29, 0.717) is 6.42 Å². The van der Waals surface area contributed by atoms with Crippen molar-refractivity contribution in [1.29, 1.82) is 5.26 Å². The van der Waals surface area contributed by atoms with Crippen molar-refractivity contribution in [2.75, 3.05) is 6.54 Å². The predicted octanol–water partition coefficient (Wildman–Crippen LogP) is 1.39. The van der Waals surface area contributed by atoms with Gasteiger partial charge >= 0.3 is 0 Å². The van der Waals surface area contributed by atoms with Gasteiger partial charge in [0, 0.05) is 6.54 Å². The van der Waals surface area contributed by atoms with Crippen molar-refractivity contribution in [2.45, 2.75) is 18.2 Å². The molecule has 1 aromatic rings. The fraction of sp³-hybridized carbons (Fsp3) is 0.300. The van der Waals surface area contributed by atoms with Crippen molar-refractivity contribution in [2.24, 2.45) is 0 Å². The van der Waals surface area contributed by atoms with Crippen molar-refractivity contribution < 1.29 is 12.8 Å². The van der Waals surface area contributed by atoms with Gasteiger partial charge in [-0.15, -0.1) is 0 Å². The van der Waals surface area contributed by atoms with Crippen LogP contribution in [0.3, 0.4) is 0 Å². The van der Waals surface area contributed by atoms with Gasteiger partial charge in [0.05, 0.1) is 10.5 Å². The molecule has 0 fully saturated rings. The van der Waals surface area contributed by atoms with Gasteiger partial charge in [-0.1, -0.05) is 6.92 Å². The van der Waals surface area contributed by atoms with E-state index in [1.807, 2.05) is 6.92 Å². The molecule has 0 radical (unpaired) electrons. The summed E-state index contributed by atoms with van der Waals surface area (Å²) < 4.78 is 38.5. The Kier molecular flexibility index (Phi) is 3.99. The molecule has 0 saturated carbocycles. The largest absolute Gasteiger partial charge is 0.241 e. The Balaban J connectivity index is 3.19. The Morgan fingerprint density at radius 1 is 1.50 bits per heavy atom. The van der Waals surface area contributed by atoms with Crippen molar-refractivity contribution >= 4 is 10.0 Å². The van der Waals surface area contributed by atoms with Crippen LogP contribution in [-0.2, 0) is 10.0 Å². The number of halogens is 1. The molecule has 0 heterocycles. The maximum absolute atomic E-state index is 12.8. The molecule has 0 atom stereocenters. The summed E-state index contributed by atoms with van der Waals surface area (Å²) in [5.41, 5.74) is -0.191. The van der Waals surface area contributed by atoms with Crippen LogP contribution in [0.15, 0.2) is 23.1 Å². The molecule has 1 rings (SSSR count). The molecular weight excluding hydrogens is 231 g/mol. The monoisotopic (exact) mass is 242 g/mol. The molecule has 16 heavy (non-hydrogen) atoms. The Hall–Kier alpha value is -1.45. The number of nitriles is 1. The second-order valence-electron chi connectivity index (χ2n) is 3.15. The molecule has 0 aromatic heterocycles. The summed E-state index contributed by atoms with van der Waals surface area (Å²) in [4.78, 5) is -0.190. The summed E-state index contributed by atoms with van der Waals surface area (Å²) in [6.07, 6.45) is 0.641. The Bertz CT molecular complexity index is 520. The highest BCUT2D eigenvalue weighted by Crippen LogP contribution is 2.15. The van der Waals surface area contributed by atoms with E-state index in [1.54, 1.807) is 6.07 Å². The molecular formula is C10H11FN2O2S. The number of nitrogens with zero attached hydrogens (tertiary/aromatic N) is 1. The molecule has 0 amide bonds. The van der Waals surface area contributed by atoms with Crippen molar-refractivity contribution in [3.8, 4) is 6.07 Å². The molecule has 6 heteroatoms. The van der Waals surface area contributed by atoms with Crippen LogP contribution in [0.4, 0.5) is 4.39 Å². The van der Waals surface area contributed by atoms with Crippen LogP contribution in [0.5, 0.6) is 0 Å². The molecule has 0 aliphatic rings. The molecule has 0 saturated heterocycles. The van der Waals surface area contributed by atoms with Crippen LogP contribution < -0.4 is 4.72 Å². The zero-order chi connectivity index (χ0) is 12.2. The smallest absolute Gasteiger partial charge is 0.211 e. The fourth-order valence-electron chi connectivity index (χ4n) is 1.14. The SMILES string of the molecule is CCCNS(=O)(=O)c1ccc(F)cc1C#N. The van der Waals surface area contributed by atoms with Crippen LogP contribution >= 0.6 is 0 Å². The van der Waals surface area contributed by atoms with E-state index in [0.717, 1.165) is 18.2 Å². The Morgan fingerprint density at radius 3 is 2.75 bits per heavy atom. The molecule has 1 aromatic carbocycles. The first-order valence-corrected chi connectivity index (χ1v) is 6.19. The number of benzene rings is 1. The first kappa shape index (κ1) is 12.6. The van der Waals surface area contributed by atoms with E-state index in [1.165, 1.54) is 0 Å². The summed E-state index contributed by atoms with van der Waals surface area (Å²) in [5, 5.41) is 8.72. The number of hydrogen-bond acceptors (Lipinski definition) is 3. The Morgan fingerprint density at radius 2 is 2.19 bits per heavy atom. The third-order valence-corrected chi connectivity index (χ3v) is 3.41. The van der Waals surface area contributed by atoms with Crippen LogP contribution in [0.2, 0.25) is 0 Å². The standard InChI is InChI=1S/C10H11FN2O2S/c1-2-5-13-16(14,15)10-4-3-9(11)6-8(10)7-12/h3-4,6,13H,2,5H2,1H3. The van der Waals surface area contributed by atoms with Gasteiger partial charge in [-0.25, -0.2) is 17.5 Å². The minimum Gasteiger partial charge on any atom is -0.211 e. The van der Waals surface area contributed by atoms with E-state index in [4.69, 9.17) is 5.26 Å². The first-order chi connectivity index (χ1) is 7.51. The summed E-state index contributed by atoms with van der Waals surface area (Å²) in [6.45, 7) is 2.10. The van der Waals surface area contributed by atoms with E-state index in [2.05, 4.69) is 4.72 Å². The van der Waals surface area contributed by atoms with E-state index < -0.39 is 15.8 Å². The molecule has 4 nitrogen and oxygen atoms in total. The number of nitrogens with one attached hydrogen (secondary N) is 1. The van der Waals surface area contributed by atoms with Gasteiger partial charge in [-0.05, 0) is 24.6 Å². The molecule has 0 aliphatic heterocycles. The minimum atomic E-state index is -3.72. The third-order valence-electron chi connectivity index (χ3n) is 1.89. The van der Waals surface area contributed by atoms with E-state index in [-0.39, 0.29) is 17.0 Å². The van der Waals surface area contributed by atoms with Gasteiger partial charge < -0.3 is 0 Å². The normalized spacial score (nSPS) is 11.1. The maximum Gasteiger partial charge on any atom is 0.241 e. The van der Waals surface area contributed by atoms with Crippen molar-refractivity contribution in [1.82, 2.24) is 4.72 Å². The van der Waals surface area contributed by atoms with Gasteiger partial charge in [0.2, 0.25) is 10.0 Å². The van der Waals surface area contributed by atoms with Gasteiger partial charge in [-0.3, -0.25) is 0 Å². The summed E-state index contributed by atoms with van der Waals surface area (Å²) in [5.74, 6) is -0.633. The lowest BCUT2D eigenvalue weighted by molar-refractivity contribution is 0.579. The highest BCUT2D eigenvalue weighted by Gasteiger charge is 2.18. The van der Waals surface area contributed by atoms with Gasteiger partial charge in [-0.2, -0.15) is 5.26 Å². The lowest BCUT2D eigenvalue weighted by Gasteiger charge is -2.06. The van der Waals surface area contributed by atoms with Crippen LogP contribution in [0.25, 0.3) is 0 Å². The minimum absolute atomic E-state index is 0.190. The average Bonchev–Trinajstić information content (AvgIpc) is 2.26. The lowest BCUT2D eigenvalue weighted by Crippen LogP contribution is -2.25. The predicted molar refractivity (Wildman–Crippen MR) is 56.6 cm³/mol. The summed E-state index contributed by atoms with van der Waals surface area (Å²) in [7, 11) is -3.72. The van der Waals surface area contributed by atoms with Crippen molar-refractivity contribution in [3.05, 3.63) is 29.6 Å². The quantitative estimate of drug-likeness (QED) is 0.867. The van der Waals surface area contributed by atoms with Gasteiger partial charge in [0.15, 0.2) is 0 Å². The molecule has 0 bridgehead atoms. The maximum atomic E-state index is 12.8. The number of sulfonamides is 1. The molecule has 86 valence electrons. The van der Waals surface area contributed by atoms with E-state index in [9.17, 15) is 12.8 Å². The van der Waals surface area contributed by atoms with Gasteiger partial charge in [0.1, 0.15) is 11.9 Å². The topological polar surface area (TPSA) is 70.0 Å². The molecule has 0 aliphatic carbocycles. The summed E-state index contributed by atoms with van der Waals surface area (Å²) >= 11 is 0. The second kappa shape index (κ2) is 5.05. The number of rotatable bonds is 4. The number of hydrogen-bond donors (Lipinski definition) is 1. The van der Waals surface area contributed by atoms with Crippen LogP contribution in [-0.4, -0.2) is 15.0 Å². The molecule has 1 N–H and O–H groups in total. The molecule has 0 unspecified atom stereocenters. The van der Waals surface area contributed by atoms with Gasteiger partial charge in [0.25, 0.3) is 0 Å². The lowest BCUT2D eigenvalue weighted by atomic mass is 10.2. The first-order valence-electron chi connectivity index (χ1n) is 4.70. The highest BCUT2D eigenvalue weighted by atomic mass is 32.2. The fourth-order valence-corrected chi connectivity index (χ4v) is 2.41. The van der Waals surface area contributed by atoms with Crippen LogP contribution in [0.1, 0.15) is 18.9 Å². The molecule has 0 spiro atoms. The Labute approximate surface area is 93.8 Å². The average molecular weight is 242 g/mol. The van der Waals surface area contributed by atoms with E-state index >= 15 is 0 Å².